The molecule has 1 fully saturated rings. The number of nitrogens with zero attached hydrogens (tertiary/aromatic N) is 6. The smallest absolute Gasteiger partial charge is 0.227 e. The first-order valence-electron chi connectivity index (χ1n) is 13.2. The molecule has 196 valence electrons. The van der Waals surface area contributed by atoms with Crippen molar-refractivity contribution in [3.8, 4) is 22.5 Å². The van der Waals surface area contributed by atoms with Crippen LogP contribution in [0, 0.1) is 0 Å². The maximum atomic E-state index is 11.7. The lowest BCUT2D eigenvalue weighted by atomic mass is 9.84. The molecule has 0 aliphatic carbocycles. The number of piperidine rings is 1. The number of aromatic nitrogens is 5. The summed E-state index contributed by atoms with van der Waals surface area (Å²) >= 11 is 0. The van der Waals surface area contributed by atoms with Crippen LogP contribution in [-0.4, -0.2) is 49.3 Å². The number of carbonyl (C=O) groups excluding carboxylic acids is 1. The Morgan fingerprint density at radius 3 is 2.50 bits per heavy atom. The molecule has 1 saturated heterocycles. The van der Waals surface area contributed by atoms with Crippen molar-refractivity contribution in [2.45, 2.75) is 52.1 Å². The SMILES string of the molecule is CCn1cc(-c2ccnc(Nc3ccc(N4CCC(CC)(NC(C)=O)CC4)cc3)n2)c(-c2cccnc2)n1. The molecule has 0 atom stereocenters. The van der Waals surface area contributed by atoms with E-state index in [-0.39, 0.29) is 11.4 Å². The topological polar surface area (TPSA) is 101 Å². The van der Waals surface area contributed by atoms with E-state index in [4.69, 9.17) is 10.1 Å². The first kappa shape index (κ1) is 25.4. The number of benzene rings is 1. The molecular weight excluding hydrogens is 476 g/mol. The fourth-order valence-electron chi connectivity index (χ4n) is 5.07. The number of pyridine rings is 1. The van der Waals surface area contributed by atoms with Gasteiger partial charge in [0.05, 0.1) is 5.69 Å². The maximum absolute atomic E-state index is 11.7. The van der Waals surface area contributed by atoms with Crippen LogP contribution in [0.4, 0.5) is 17.3 Å². The summed E-state index contributed by atoms with van der Waals surface area (Å²) < 4.78 is 1.91. The molecule has 1 aromatic carbocycles. The second kappa shape index (κ2) is 11.0. The fraction of sp³-hybridized carbons (Fsp3) is 0.345. The van der Waals surface area contributed by atoms with E-state index in [0.29, 0.717) is 5.95 Å². The van der Waals surface area contributed by atoms with Gasteiger partial charge in [-0.15, -0.1) is 0 Å². The van der Waals surface area contributed by atoms with E-state index in [2.05, 4.69) is 63.6 Å². The van der Waals surface area contributed by atoms with E-state index in [1.165, 1.54) is 5.69 Å². The summed E-state index contributed by atoms with van der Waals surface area (Å²) in [6, 6.07) is 14.2. The number of hydrogen-bond donors (Lipinski definition) is 2. The Morgan fingerprint density at radius 2 is 1.84 bits per heavy atom. The van der Waals surface area contributed by atoms with E-state index in [1.807, 2.05) is 35.3 Å². The standard InChI is InChI=1S/C29H34N8O/c1-4-29(34-21(3)38)13-17-36(18-14-29)24-10-8-23(9-11-24)32-28-31-16-12-26(33-28)25-20-37(5-2)35-27(25)22-7-6-15-30-19-22/h6-12,15-16,19-20H,4-5,13-14,17-18H2,1-3H3,(H,34,38)(H,31,32,33). The van der Waals surface area contributed by atoms with Gasteiger partial charge in [-0.05, 0) is 68.7 Å². The summed E-state index contributed by atoms with van der Waals surface area (Å²) in [5.74, 6) is 0.576. The zero-order chi connectivity index (χ0) is 26.5. The predicted octanol–water partition coefficient (Wildman–Crippen LogP) is 5.05. The van der Waals surface area contributed by atoms with Crippen molar-refractivity contribution in [1.82, 2.24) is 30.0 Å². The normalized spacial score (nSPS) is 14.8. The molecule has 0 bridgehead atoms. The molecule has 2 N–H and O–H groups in total. The minimum Gasteiger partial charge on any atom is -0.371 e. The largest absolute Gasteiger partial charge is 0.371 e. The van der Waals surface area contributed by atoms with E-state index in [9.17, 15) is 4.79 Å². The molecule has 5 rings (SSSR count). The van der Waals surface area contributed by atoms with Gasteiger partial charge >= 0.3 is 0 Å². The van der Waals surface area contributed by atoms with Gasteiger partial charge < -0.3 is 15.5 Å². The Bertz CT molecular complexity index is 1380. The molecule has 1 aliphatic rings. The highest BCUT2D eigenvalue weighted by molar-refractivity contribution is 5.78. The maximum Gasteiger partial charge on any atom is 0.227 e. The quantitative estimate of drug-likeness (QED) is 0.342. The number of carbonyl (C=O) groups is 1. The van der Waals surface area contributed by atoms with E-state index in [1.54, 1.807) is 19.3 Å². The number of rotatable bonds is 8. The molecule has 0 unspecified atom stereocenters. The van der Waals surface area contributed by atoms with Crippen molar-refractivity contribution < 1.29 is 4.79 Å². The summed E-state index contributed by atoms with van der Waals surface area (Å²) in [6.07, 6.45) is 10.2. The number of hydrogen-bond acceptors (Lipinski definition) is 7. The van der Waals surface area contributed by atoms with Crippen LogP contribution in [0.25, 0.3) is 22.5 Å². The van der Waals surface area contributed by atoms with Gasteiger partial charge in [-0.3, -0.25) is 14.5 Å². The van der Waals surface area contributed by atoms with Gasteiger partial charge in [0.25, 0.3) is 0 Å². The van der Waals surface area contributed by atoms with E-state index in [0.717, 1.165) is 67.1 Å². The lowest BCUT2D eigenvalue weighted by molar-refractivity contribution is -0.121. The molecule has 0 spiro atoms. The fourth-order valence-corrected chi connectivity index (χ4v) is 5.07. The number of anilines is 3. The Morgan fingerprint density at radius 1 is 1.05 bits per heavy atom. The van der Waals surface area contributed by atoms with Gasteiger partial charge in [-0.25, -0.2) is 9.97 Å². The molecule has 9 nitrogen and oxygen atoms in total. The Labute approximate surface area is 223 Å². The third kappa shape index (κ3) is 5.51. The Balaban J connectivity index is 1.29. The molecule has 3 aromatic heterocycles. The average molecular weight is 511 g/mol. The van der Waals surface area contributed by atoms with Crippen LogP contribution < -0.4 is 15.5 Å². The van der Waals surface area contributed by atoms with Crippen LogP contribution in [0.3, 0.4) is 0 Å². The molecule has 4 aromatic rings. The monoisotopic (exact) mass is 510 g/mol. The molecule has 38 heavy (non-hydrogen) atoms. The van der Waals surface area contributed by atoms with Gasteiger partial charge in [-0.2, -0.15) is 5.10 Å². The van der Waals surface area contributed by atoms with Crippen LogP contribution in [0.1, 0.15) is 40.0 Å². The highest BCUT2D eigenvalue weighted by atomic mass is 16.1. The second-order valence-corrected chi connectivity index (χ2v) is 9.73. The summed E-state index contributed by atoms with van der Waals surface area (Å²) in [5, 5.41) is 11.3. The van der Waals surface area contributed by atoms with Crippen molar-refractivity contribution in [3.05, 3.63) is 67.3 Å². The third-order valence-electron chi connectivity index (χ3n) is 7.28. The summed E-state index contributed by atoms with van der Waals surface area (Å²) in [7, 11) is 0. The molecule has 1 amide bonds. The van der Waals surface area contributed by atoms with Crippen molar-refractivity contribution in [3.63, 3.8) is 0 Å². The lowest BCUT2D eigenvalue weighted by Crippen LogP contribution is -2.54. The first-order valence-corrected chi connectivity index (χ1v) is 13.2. The van der Waals surface area contributed by atoms with Crippen LogP contribution in [0.5, 0.6) is 0 Å². The summed E-state index contributed by atoms with van der Waals surface area (Å²) in [4.78, 5) is 27.5. The van der Waals surface area contributed by atoms with Crippen molar-refractivity contribution in [2.24, 2.45) is 0 Å². The van der Waals surface area contributed by atoms with Gasteiger partial charge in [0.2, 0.25) is 11.9 Å². The zero-order valence-electron chi connectivity index (χ0n) is 22.2. The number of nitrogens with one attached hydrogen (secondary N) is 2. The molecule has 4 heterocycles. The lowest BCUT2D eigenvalue weighted by Gasteiger charge is -2.42. The van der Waals surface area contributed by atoms with Crippen LogP contribution in [0.15, 0.2) is 67.3 Å². The molecule has 9 heteroatoms. The third-order valence-corrected chi connectivity index (χ3v) is 7.28. The highest BCUT2D eigenvalue weighted by Crippen LogP contribution is 2.31. The van der Waals surface area contributed by atoms with E-state index >= 15 is 0 Å². The molecule has 1 aliphatic heterocycles. The van der Waals surface area contributed by atoms with E-state index < -0.39 is 0 Å². The van der Waals surface area contributed by atoms with Crippen molar-refractivity contribution in [2.75, 3.05) is 23.3 Å². The van der Waals surface area contributed by atoms with Gasteiger partial charge in [0.1, 0.15) is 5.69 Å². The van der Waals surface area contributed by atoms with Gasteiger partial charge in [0, 0.05) is 79.4 Å². The molecule has 0 radical (unpaired) electrons. The highest BCUT2D eigenvalue weighted by Gasteiger charge is 2.33. The Kier molecular flexibility index (Phi) is 7.35. The first-order chi connectivity index (χ1) is 18.5. The Hall–Kier alpha value is -4.27. The number of aryl methyl sites for hydroxylation is 1. The van der Waals surface area contributed by atoms with Crippen LogP contribution >= 0.6 is 0 Å². The average Bonchev–Trinajstić information content (AvgIpc) is 3.39. The predicted molar refractivity (Wildman–Crippen MR) is 150 cm³/mol. The van der Waals surface area contributed by atoms with Crippen LogP contribution in [-0.2, 0) is 11.3 Å². The summed E-state index contributed by atoms with van der Waals surface area (Å²) in [6.45, 7) is 8.41. The van der Waals surface area contributed by atoms with Crippen LogP contribution in [0.2, 0.25) is 0 Å². The van der Waals surface area contributed by atoms with Gasteiger partial charge in [-0.1, -0.05) is 6.92 Å². The minimum atomic E-state index is -0.0866. The number of amides is 1. The second-order valence-electron chi connectivity index (χ2n) is 9.73. The zero-order valence-corrected chi connectivity index (χ0v) is 22.2. The summed E-state index contributed by atoms with van der Waals surface area (Å²) in [5.41, 5.74) is 5.53. The van der Waals surface area contributed by atoms with Gasteiger partial charge in [0.15, 0.2) is 0 Å². The van der Waals surface area contributed by atoms with Crippen molar-refractivity contribution in [1.29, 1.82) is 0 Å². The molecule has 0 saturated carbocycles. The minimum absolute atomic E-state index is 0.0505. The van der Waals surface area contributed by atoms with Crippen molar-refractivity contribution >= 4 is 23.2 Å². The molecular formula is C29H34N8O.